The first-order valence-corrected chi connectivity index (χ1v) is 9.98. The lowest BCUT2D eigenvalue weighted by Crippen LogP contribution is -2.19. The summed E-state index contributed by atoms with van der Waals surface area (Å²) in [5.74, 6) is 1.35. The lowest BCUT2D eigenvalue weighted by Gasteiger charge is -2.18. The molecule has 0 aliphatic carbocycles. The quantitative estimate of drug-likeness (QED) is 0.422. The number of hydrogen-bond donors (Lipinski definition) is 1. The highest BCUT2D eigenvalue weighted by Crippen LogP contribution is 2.34. The van der Waals surface area contributed by atoms with E-state index in [1.54, 1.807) is 35.3 Å². The van der Waals surface area contributed by atoms with Gasteiger partial charge in [0.25, 0.3) is 0 Å². The first kappa shape index (κ1) is 22.0. The molecule has 0 aliphatic rings. The van der Waals surface area contributed by atoms with E-state index in [1.165, 1.54) is 12.3 Å². The minimum atomic E-state index is -3.01. The number of fused-ring (bicyclic) bond motifs is 1. The Morgan fingerprint density at radius 2 is 1.97 bits per heavy atom. The third kappa shape index (κ3) is 5.17. The Labute approximate surface area is 188 Å². The van der Waals surface area contributed by atoms with Crippen molar-refractivity contribution >= 4 is 17.2 Å². The van der Waals surface area contributed by atoms with E-state index in [2.05, 4.69) is 31.3 Å². The summed E-state index contributed by atoms with van der Waals surface area (Å²) in [7, 11) is 1.82. The Morgan fingerprint density at radius 3 is 2.67 bits per heavy atom. The average Bonchev–Trinajstić information content (AvgIpc) is 3.37. The summed E-state index contributed by atoms with van der Waals surface area (Å²) in [6, 6.07) is 10.8. The molecule has 0 atom stereocenters. The molecule has 4 heterocycles. The van der Waals surface area contributed by atoms with Gasteiger partial charge in [-0.1, -0.05) is 0 Å². The number of alkyl halides is 2. The van der Waals surface area contributed by atoms with Crippen LogP contribution in [0, 0.1) is 16.7 Å². The fraction of sp³-hybridized carbons (Fsp3) is 0.273. The van der Waals surface area contributed by atoms with E-state index in [4.69, 9.17) is 4.74 Å². The maximum absolute atomic E-state index is 12.7. The molecule has 4 rings (SSSR count). The molecule has 0 unspecified atom stereocenters. The van der Waals surface area contributed by atoms with Gasteiger partial charge in [-0.3, -0.25) is 4.68 Å². The van der Waals surface area contributed by atoms with Crippen molar-refractivity contribution in [1.82, 2.24) is 24.4 Å². The van der Waals surface area contributed by atoms with Crippen LogP contribution in [0.4, 0.5) is 20.4 Å². The highest BCUT2D eigenvalue weighted by Gasteiger charge is 2.20. The van der Waals surface area contributed by atoms with Crippen molar-refractivity contribution in [2.24, 2.45) is 12.5 Å². The van der Waals surface area contributed by atoms with Crippen LogP contribution in [0.25, 0.3) is 16.6 Å². The minimum Gasteiger partial charge on any atom is -0.490 e. The molecule has 0 aliphatic heterocycles. The van der Waals surface area contributed by atoms with E-state index in [9.17, 15) is 14.0 Å². The molecule has 0 amide bonds. The summed E-state index contributed by atoms with van der Waals surface area (Å²) in [6.45, 7) is 0.568. The van der Waals surface area contributed by atoms with Crippen LogP contribution >= 0.6 is 0 Å². The van der Waals surface area contributed by atoms with Gasteiger partial charge in [0.05, 0.1) is 23.2 Å². The minimum absolute atomic E-state index is 0.0975. The van der Waals surface area contributed by atoms with Gasteiger partial charge in [-0.2, -0.15) is 24.2 Å². The number of ether oxygens (including phenoxy) is 2. The van der Waals surface area contributed by atoms with Gasteiger partial charge in [-0.15, -0.1) is 0 Å². The molecule has 4 aromatic heterocycles. The molecule has 0 saturated carbocycles. The lowest BCUT2D eigenvalue weighted by molar-refractivity contribution is -0.0528. The zero-order valence-corrected chi connectivity index (χ0v) is 18.2. The second kappa shape index (κ2) is 8.74. The van der Waals surface area contributed by atoms with Crippen molar-refractivity contribution in [3.63, 3.8) is 0 Å². The van der Waals surface area contributed by atoms with Crippen molar-refractivity contribution in [2.75, 3.05) is 11.9 Å². The fourth-order valence-electron chi connectivity index (χ4n) is 3.05. The molecule has 4 aromatic rings. The van der Waals surface area contributed by atoms with E-state index in [1.807, 2.05) is 31.4 Å². The molecule has 0 saturated heterocycles. The predicted molar refractivity (Wildman–Crippen MR) is 116 cm³/mol. The molecule has 0 fully saturated rings. The number of nitriles is 1. The molecule has 11 heteroatoms. The maximum atomic E-state index is 12.7. The summed E-state index contributed by atoms with van der Waals surface area (Å²) in [5, 5.41) is 21.1. The predicted octanol–water partition coefficient (Wildman–Crippen LogP) is 4.40. The van der Waals surface area contributed by atoms with Crippen molar-refractivity contribution in [3.8, 4) is 28.8 Å². The molecule has 33 heavy (non-hydrogen) atoms. The zero-order chi connectivity index (χ0) is 23.6. The summed E-state index contributed by atoms with van der Waals surface area (Å²) < 4.78 is 39.1. The molecule has 0 bridgehead atoms. The molecule has 1 N–H and O–H groups in total. The van der Waals surface area contributed by atoms with Crippen LogP contribution in [0.2, 0.25) is 0 Å². The largest absolute Gasteiger partial charge is 0.490 e. The number of aromatic nitrogens is 5. The third-order valence-corrected chi connectivity index (χ3v) is 4.69. The summed E-state index contributed by atoms with van der Waals surface area (Å²) in [4.78, 5) is 3.90. The summed E-state index contributed by atoms with van der Waals surface area (Å²) in [6.07, 6.45) is 4.87. The Hall–Kier alpha value is -4.20. The van der Waals surface area contributed by atoms with Crippen molar-refractivity contribution in [1.29, 1.82) is 5.26 Å². The first-order chi connectivity index (χ1) is 15.7. The standard InChI is InChI=1S/C22H21F2N7O2/c1-22(2,12-25)13-32-17-11-26-20(33-21(23)24)10-16(17)14-4-7-31-15(8-14)9-19(29-31)27-18-5-6-30(3)28-18/h4-11,21H,13H2,1-3H3,(H,27,28,29). The number of hydrogen-bond acceptors (Lipinski definition) is 7. The summed E-state index contributed by atoms with van der Waals surface area (Å²) in [5.41, 5.74) is 1.19. The molecular formula is C22H21F2N7O2. The van der Waals surface area contributed by atoms with Gasteiger partial charge < -0.3 is 14.8 Å². The van der Waals surface area contributed by atoms with E-state index >= 15 is 0 Å². The molecule has 0 spiro atoms. The van der Waals surface area contributed by atoms with Crippen LogP contribution in [0.5, 0.6) is 11.6 Å². The number of pyridine rings is 2. The van der Waals surface area contributed by atoms with Crippen LogP contribution in [0.15, 0.2) is 48.9 Å². The Balaban J connectivity index is 1.68. The van der Waals surface area contributed by atoms with Crippen LogP contribution < -0.4 is 14.8 Å². The van der Waals surface area contributed by atoms with Crippen LogP contribution in [-0.2, 0) is 7.05 Å². The van der Waals surface area contributed by atoms with Crippen LogP contribution in [-0.4, -0.2) is 37.6 Å². The molecule has 9 nitrogen and oxygen atoms in total. The number of anilines is 2. The molecule has 0 radical (unpaired) electrons. The van der Waals surface area contributed by atoms with Crippen molar-refractivity contribution in [3.05, 3.63) is 48.9 Å². The Kier molecular flexibility index (Phi) is 5.83. The van der Waals surface area contributed by atoms with Gasteiger partial charge in [0.1, 0.15) is 12.4 Å². The number of nitrogens with zero attached hydrogens (tertiary/aromatic N) is 6. The number of aryl methyl sites for hydroxylation is 1. The fourth-order valence-corrected chi connectivity index (χ4v) is 3.05. The highest BCUT2D eigenvalue weighted by molar-refractivity contribution is 5.75. The van der Waals surface area contributed by atoms with Crippen molar-refractivity contribution < 1.29 is 18.3 Å². The van der Waals surface area contributed by atoms with Gasteiger partial charge in [0, 0.05) is 43.2 Å². The monoisotopic (exact) mass is 453 g/mol. The third-order valence-electron chi connectivity index (χ3n) is 4.69. The van der Waals surface area contributed by atoms with Gasteiger partial charge in [-0.05, 0) is 31.5 Å². The van der Waals surface area contributed by atoms with Crippen LogP contribution in [0.3, 0.4) is 0 Å². The second-order valence-electron chi connectivity index (χ2n) is 8.00. The van der Waals surface area contributed by atoms with Crippen LogP contribution in [0.1, 0.15) is 13.8 Å². The van der Waals surface area contributed by atoms with Gasteiger partial charge in [0.15, 0.2) is 11.6 Å². The Morgan fingerprint density at radius 1 is 1.15 bits per heavy atom. The Bertz CT molecular complexity index is 1320. The first-order valence-electron chi connectivity index (χ1n) is 9.98. The normalized spacial score (nSPS) is 11.5. The SMILES string of the molecule is Cn1ccc(Nc2cc3cc(-c4cc(OC(F)F)ncc4OCC(C)(C)C#N)ccn3n2)n1. The van der Waals surface area contributed by atoms with E-state index in [0.29, 0.717) is 28.5 Å². The average molecular weight is 453 g/mol. The number of nitrogens with one attached hydrogen (secondary N) is 1. The number of rotatable bonds is 8. The number of halogens is 2. The summed E-state index contributed by atoms with van der Waals surface area (Å²) >= 11 is 0. The van der Waals surface area contributed by atoms with Gasteiger partial charge in [0.2, 0.25) is 5.88 Å². The molecule has 170 valence electrons. The highest BCUT2D eigenvalue weighted by atomic mass is 19.3. The lowest BCUT2D eigenvalue weighted by atomic mass is 9.97. The van der Waals surface area contributed by atoms with Gasteiger partial charge >= 0.3 is 6.61 Å². The van der Waals surface area contributed by atoms with Gasteiger partial charge in [-0.25, -0.2) is 9.50 Å². The zero-order valence-electron chi connectivity index (χ0n) is 18.2. The molecular weight excluding hydrogens is 432 g/mol. The van der Waals surface area contributed by atoms with E-state index in [0.717, 1.165) is 5.52 Å². The topological polar surface area (TPSA) is 102 Å². The maximum Gasteiger partial charge on any atom is 0.388 e. The smallest absolute Gasteiger partial charge is 0.388 e. The van der Waals surface area contributed by atoms with E-state index in [-0.39, 0.29) is 12.5 Å². The molecule has 0 aromatic carbocycles. The van der Waals surface area contributed by atoms with E-state index < -0.39 is 12.0 Å². The van der Waals surface area contributed by atoms with Crippen molar-refractivity contribution in [2.45, 2.75) is 20.5 Å². The second-order valence-corrected chi connectivity index (χ2v) is 8.00.